The van der Waals surface area contributed by atoms with Gasteiger partial charge in [-0.3, -0.25) is 4.79 Å². The Morgan fingerprint density at radius 3 is 2.89 bits per heavy atom. The van der Waals surface area contributed by atoms with Crippen LogP contribution >= 0.6 is 0 Å². The Labute approximate surface area is 162 Å². The number of anilines is 1. The highest BCUT2D eigenvalue weighted by Gasteiger charge is 2.29. The first-order valence-electron chi connectivity index (χ1n) is 9.45. The minimum absolute atomic E-state index is 0.0922. The zero-order valence-electron chi connectivity index (χ0n) is 15.3. The lowest BCUT2D eigenvalue weighted by atomic mass is 9.92. The maximum atomic E-state index is 14.1. The normalized spacial score (nSPS) is 21.4. The highest BCUT2D eigenvalue weighted by molar-refractivity contribution is 5.93. The molecule has 1 saturated carbocycles. The third kappa shape index (κ3) is 3.84. The summed E-state index contributed by atoms with van der Waals surface area (Å²) in [6.45, 7) is 0.211. The van der Waals surface area contributed by atoms with Crippen molar-refractivity contribution in [1.29, 1.82) is 0 Å². The van der Waals surface area contributed by atoms with Crippen LogP contribution in [0.5, 0.6) is 5.75 Å². The van der Waals surface area contributed by atoms with Gasteiger partial charge in [-0.1, -0.05) is 31.0 Å². The predicted octanol–water partition coefficient (Wildman–Crippen LogP) is 2.88. The van der Waals surface area contributed by atoms with Gasteiger partial charge in [0.25, 0.3) is 5.91 Å². The van der Waals surface area contributed by atoms with E-state index in [9.17, 15) is 14.3 Å². The molecule has 0 unspecified atom stereocenters. The Morgan fingerprint density at radius 1 is 1.25 bits per heavy atom. The van der Waals surface area contributed by atoms with Crippen molar-refractivity contribution in [2.75, 3.05) is 4.90 Å². The Morgan fingerprint density at radius 2 is 2.07 bits per heavy atom. The molecule has 1 fully saturated rings. The summed E-state index contributed by atoms with van der Waals surface area (Å²) in [5, 5.41) is 13.0. The van der Waals surface area contributed by atoms with E-state index in [1.807, 2.05) is 0 Å². The van der Waals surface area contributed by atoms with Crippen LogP contribution in [0, 0.1) is 5.82 Å². The summed E-state index contributed by atoms with van der Waals surface area (Å²) in [7, 11) is 0. The summed E-state index contributed by atoms with van der Waals surface area (Å²) in [5.41, 5.74) is 0.486. The lowest BCUT2D eigenvalue weighted by molar-refractivity contribution is -0.121. The second kappa shape index (κ2) is 7.98. The second-order valence-electron chi connectivity index (χ2n) is 7.07. The largest absolute Gasteiger partial charge is 0.446 e. The SMILES string of the molecule is O=C(N[C@H]1CCCC[C@@H]1O)C1=CN(Cc2ccccc2F)c2ncccc2O1. The van der Waals surface area contributed by atoms with Gasteiger partial charge < -0.3 is 20.1 Å². The Balaban J connectivity index is 1.58. The number of benzene rings is 1. The van der Waals surface area contributed by atoms with Gasteiger partial charge in [-0.25, -0.2) is 9.37 Å². The molecule has 0 saturated heterocycles. The molecule has 28 heavy (non-hydrogen) atoms. The number of amides is 1. The van der Waals surface area contributed by atoms with Crippen molar-refractivity contribution in [2.45, 2.75) is 44.4 Å². The summed E-state index contributed by atoms with van der Waals surface area (Å²) in [6, 6.07) is 9.63. The number of aliphatic hydroxyl groups is 1. The molecule has 1 aromatic carbocycles. The Hall–Kier alpha value is -2.93. The van der Waals surface area contributed by atoms with E-state index in [1.54, 1.807) is 41.4 Å². The van der Waals surface area contributed by atoms with Crippen molar-refractivity contribution >= 4 is 11.7 Å². The number of nitrogens with zero attached hydrogens (tertiary/aromatic N) is 2. The number of pyridine rings is 1. The van der Waals surface area contributed by atoms with Crippen LogP contribution in [0.3, 0.4) is 0 Å². The van der Waals surface area contributed by atoms with Crippen molar-refractivity contribution in [2.24, 2.45) is 0 Å². The molecule has 1 aliphatic heterocycles. The highest BCUT2D eigenvalue weighted by atomic mass is 19.1. The van der Waals surface area contributed by atoms with Gasteiger partial charge in [-0.05, 0) is 31.0 Å². The van der Waals surface area contributed by atoms with E-state index < -0.39 is 12.0 Å². The molecule has 1 aliphatic carbocycles. The number of nitrogens with one attached hydrogen (secondary N) is 1. The molecule has 1 amide bonds. The van der Waals surface area contributed by atoms with Crippen LogP contribution in [0.15, 0.2) is 54.6 Å². The molecule has 2 N–H and O–H groups in total. The minimum Gasteiger partial charge on any atom is -0.446 e. The van der Waals surface area contributed by atoms with E-state index in [0.29, 0.717) is 23.6 Å². The number of hydrogen-bond donors (Lipinski definition) is 2. The summed E-state index contributed by atoms with van der Waals surface area (Å²) < 4.78 is 19.9. The Bertz CT molecular complexity index is 902. The van der Waals surface area contributed by atoms with E-state index in [1.165, 1.54) is 12.3 Å². The number of aliphatic hydroxyl groups excluding tert-OH is 1. The molecular weight excluding hydrogens is 361 g/mol. The Kier molecular flexibility index (Phi) is 5.25. The second-order valence-corrected chi connectivity index (χ2v) is 7.07. The highest BCUT2D eigenvalue weighted by Crippen LogP contribution is 2.33. The number of aromatic nitrogens is 1. The van der Waals surface area contributed by atoms with Gasteiger partial charge in [0.1, 0.15) is 5.82 Å². The van der Waals surface area contributed by atoms with Crippen molar-refractivity contribution in [3.63, 3.8) is 0 Å². The van der Waals surface area contributed by atoms with E-state index in [0.717, 1.165) is 19.3 Å². The van der Waals surface area contributed by atoms with Gasteiger partial charge in [0.15, 0.2) is 11.6 Å². The molecule has 2 aromatic rings. The summed E-state index contributed by atoms with van der Waals surface area (Å²) >= 11 is 0. The number of carbonyl (C=O) groups excluding carboxylic acids is 1. The first-order valence-corrected chi connectivity index (χ1v) is 9.45. The van der Waals surface area contributed by atoms with Crippen LogP contribution in [0.2, 0.25) is 0 Å². The number of halogens is 1. The average molecular weight is 383 g/mol. The molecule has 6 nitrogen and oxygen atoms in total. The first kappa shape index (κ1) is 18.4. The van der Waals surface area contributed by atoms with Gasteiger partial charge in [-0.2, -0.15) is 0 Å². The van der Waals surface area contributed by atoms with Gasteiger partial charge in [-0.15, -0.1) is 0 Å². The summed E-state index contributed by atoms with van der Waals surface area (Å²) in [5.74, 6) is 0.306. The van der Waals surface area contributed by atoms with Crippen molar-refractivity contribution in [3.05, 3.63) is 65.9 Å². The van der Waals surface area contributed by atoms with E-state index in [4.69, 9.17) is 4.74 Å². The van der Waals surface area contributed by atoms with E-state index >= 15 is 0 Å². The molecule has 1 aromatic heterocycles. The maximum absolute atomic E-state index is 14.1. The molecule has 2 heterocycles. The van der Waals surface area contributed by atoms with Crippen molar-refractivity contribution < 1.29 is 19.0 Å². The maximum Gasteiger partial charge on any atom is 0.288 e. The molecule has 0 radical (unpaired) electrons. The minimum atomic E-state index is -0.551. The van der Waals surface area contributed by atoms with Crippen molar-refractivity contribution in [3.8, 4) is 5.75 Å². The van der Waals surface area contributed by atoms with Crippen molar-refractivity contribution in [1.82, 2.24) is 10.3 Å². The van der Waals surface area contributed by atoms with Crippen LogP contribution in [-0.2, 0) is 11.3 Å². The number of rotatable bonds is 4. The summed E-state index contributed by atoms with van der Waals surface area (Å²) in [6.07, 6.45) is 5.94. The smallest absolute Gasteiger partial charge is 0.288 e. The van der Waals surface area contributed by atoms with Crippen LogP contribution < -0.4 is 15.0 Å². The van der Waals surface area contributed by atoms with Crippen LogP contribution in [0.4, 0.5) is 10.2 Å². The number of ether oxygens (including phenoxy) is 1. The molecule has 2 atom stereocenters. The molecule has 4 rings (SSSR count). The molecular formula is C21H22FN3O3. The van der Waals surface area contributed by atoms with Gasteiger partial charge >= 0.3 is 0 Å². The zero-order chi connectivity index (χ0) is 19.5. The number of carbonyl (C=O) groups is 1. The number of fused-ring (bicyclic) bond motifs is 1. The summed E-state index contributed by atoms with van der Waals surface area (Å²) in [4.78, 5) is 18.8. The fourth-order valence-electron chi connectivity index (χ4n) is 3.58. The van der Waals surface area contributed by atoms with Gasteiger partial charge in [0, 0.05) is 11.8 Å². The fourth-order valence-corrected chi connectivity index (χ4v) is 3.58. The number of hydrogen-bond acceptors (Lipinski definition) is 5. The lowest BCUT2D eigenvalue weighted by Gasteiger charge is -2.31. The van der Waals surface area contributed by atoms with Gasteiger partial charge in [0.2, 0.25) is 5.76 Å². The lowest BCUT2D eigenvalue weighted by Crippen LogP contribution is -2.46. The van der Waals surface area contributed by atoms with Crippen LogP contribution in [0.1, 0.15) is 31.2 Å². The molecule has 0 bridgehead atoms. The predicted molar refractivity (Wildman–Crippen MR) is 102 cm³/mol. The fraction of sp³-hybridized carbons (Fsp3) is 0.333. The topological polar surface area (TPSA) is 74.7 Å². The molecule has 146 valence electrons. The third-order valence-electron chi connectivity index (χ3n) is 5.08. The van der Waals surface area contributed by atoms with E-state index in [-0.39, 0.29) is 24.2 Å². The quantitative estimate of drug-likeness (QED) is 0.849. The van der Waals surface area contributed by atoms with Crippen LogP contribution in [0.25, 0.3) is 0 Å². The van der Waals surface area contributed by atoms with Gasteiger partial charge in [0.05, 0.1) is 24.9 Å². The molecule has 7 heteroatoms. The average Bonchev–Trinajstić information content (AvgIpc) is 2.71. The zero-order valence-corrected chi connectivity index (χ0v) is 15.3. The van der Waals surface area contributed by atoms with E-state index in [2.05, 4.69) is 10.3 Å². The third-order valence-corrected chi connectivity index (χ3v) is 5.08. The standard InChI is InChI=1S/C21H22FN3O3/c22-15-7-2-1-6-14(15)12-25-13-19(28-18-10-5-11-23-20(18)25)21(27)24-16-8-3-4-9-17(16)26/h1-2,5-7,10-11,13,16-17,26H,3-4,8-9,12H2,(H,24,27)/t16-,17-/m0/s1. The molecule has 2 aliphatic rings. The van der Waals surface area contributed by atoms with Crippen LogP contribution in [-0.4, -0.2) is 28.1 Å². The molecule has 0 spiro atoms. The first-order chi connectivity index (χ1) is 13.6. The monoisotopic (exact) mass is 383 g/mol.